The highest BCUT2D eigenvalue weighted by Gasteiger charge is 2.25. The van der Waals surface area contributed by atoms with Gasteiger partial charge in [-0.05, 0) is 30.0 Å². The van der Waals surface area contributed by atoms with Crippen LogP contribution >= 0.6 is 7.14 Å². The second-order valence-electron chi connectivity index (χ2n) is 6.22. The molecule has 0 radical (unpaired) electrons. The van der Waals surface area contributed by atoms with Crippen molar-refractivity contribution in [3.05, 3.63) is 115 Å². The molecule has 3 aromatic rings. The number of rotatable bonds is 6. The minimum atomic E-state index is -3.03. The zero-order valence-corrected chi connectivity index (χ0v) is 16.1. The molecule has 3 aromatic carbocycles. The van der Waals surface area contributed by atoms with E-state index in [2.05, 4.69) is 0 Å². The molecule has 0 saturated heterocycles. The van der Waals surface area contributed by atoms with Gasteiger partial charge in [-0.2, -0.15) is 0 Å². The minimum absolute atomic E-state index is 0.0499. The molecule has 3 rings (SSSR count). The molecule has 134 valence electrons. The highest BCUT2D eigenvalue weighted by atomic mass is 31.2. The van der Waals surface area contributed by atoms with Gasteiger partial charge in [0.1, 0.15) is 0 Å². The summed E-state index contributed by atoms with van der Waals surface area (Å²) in [5.41, 5.74) is 1.68. The third-order valence-corrected chi connectivity index (χ3v) is 6.98. The van der Waals surface area contributed by atoms with Gasteiger partial charge in [0.25, 0.3) is 0 Å². The fourth-order valence-electron chi connectivity index (χ4n) is 2.84. The van der Waals surface area contributed by atoms with Gasteiger partial charge in [-0.15, -0.1) is 0 Å². The molecular formula is C24H21O2P. The van der Waals surface area contributed by atoms with Gasteiger partial charge in [0, 0.05) is 10.6 Å². The number of ketones is 1. The summed E-state index contributed by atoms with van der Waals surface area (Å²) in [4.78, 5) is 11.5. The molecule has 0 atom stereocenters. The highest BCUT2D eigenvalue weighted by Crippen LogP contribution is 2.47. The summed E-state index contributed by atoms with van der Waals surface area (Å²) < 4.78 is 14.2. The number of carbonyl (C=O) groups is 1. The molecule has 27 heavy (non-hydrogen) atoms. The molecule has 3 heteroatoms. The molecule has 0 aliphatic carbocycles. The standard InChI is InChI=1S/C24H21O2P/c1-20(25)17-18-22(21-11-5-2-6-12-21)19-27(26,23-13-7-3-8-14-23)24-15-9-4-10-16-24/h2-19H,1H3/b18-17+,22-19+. The van der Waals surface area contributed by atoms with Crippen LogP contribution in [-0.2, 0) is 9.36 Å². The first-order valence-corrected chi connectivity index (χ1v) is 10.5. The Labute approximate surface area is 160 Å². The Morgan fingerprint density at radius 1 is 0.704 bits per heavy atom. The number of allylic oxidation sites excluding steroid dienone is 3. The van der Waals surface area contributed by atoms with Crippen molar-refractivity contribution in [2.24, 2.45) is 0 Å². The average molecular weight is 372 g/mol. The Morgan fingerprint density at radius 2 is 1.15 bits per heavy atom. The molecule has 0 saturated carbocycles. The van der Waals surface area contributed by atoms with Crippen molar-refractivity contribution in [2.45, 2.75) is 6.92 Å². The molecule has 0 aliphatic heterocycles. The van der Waals surface area contributed by atoms with Crippen molar-refractivity contribution < 1.29 is 9.36 Å². The van der Waals surface area contributed by atoms with E-state index in [-0.39, 0.29) is 5.78 Å². The number of hydrogen-bond donors (Lipinski definition) is 0. The first kappa shape index (κ1) is 18.8. The van der Waals surface area contributed by atoms with E-state index < -0.39 is 7.14 Å². The van der Waals surface area contributed by atoms with Crippen molar-refractivity contribution in [2.75, 3.05) is 0 Å². The molecule has 0 heterocycles. The van der Waals surface area contributed by atoms with E-state index in [4.69, 9.17) is 0 Å². The van der Waals surface area contributed by atoms with Crippen molar-refractivity contribution in [3.63, 3.8) is 0 Å². The number of hydrogen-bond acceptors (Lipinski definition) is 2. The normalized spacial score (nSPS) is 12.3. The zero-order valence-electron chi connectivity index (χ0n) is 15.2. The molecule has 0 aliphatic rings. The van der Waals surface area contributed by atoms with Crippen LogP contribution in [0.4, 0.5) is 0 Å². The third-order valence-electron chi connectivity index (χ3n) is 4.21. The average Bonchev–Trinajstić information content (AvgIpc) is 2.73. The van der Waals surface area contributed by atoms with Gasteiger partial charge in [-0.3, -0.25) is 4.79 Å². The summed E-state index contributed by atoms with van der Waals surface area (Å²) >= 11 is 0. The summed E-state index contributed by atoms with van der Waals surface area (Å²) in [6, 6.07) is 28.7. The zero-order chi connectivity index (χ0) is 19.1. The summed E-state index contributed by atoms with van der Waals surface area (Å²) in [5.74, 6) is 1.76. The number of carbonyl (C=O) groups excluding carboxylic acids is 1. The summed E-state index contributed by atoms with van der Waals surface area (Å²) in [6.45, 7) is 1.51. The largest absolute Gasteiger partial charge is 0.309 e. The van der Waals surface area contributed by atoms with Crippen LogP contribution in [0.5, 0.6) is 0 Å². The quantitative estimate of drug-likeness (QED) is 0.339. The Bertz CT molecular complexity index is 961. The smallest absolute Gasteiger partial charge is 0.164 e. The second-order valence-corrected chi connectivity index (χ2v) is 8.83. The van der Waals surface area contributed by atoms with Crippen LogP contribution in [0.25, 0.3) is 5.57 Å². The SMILES string of the molecule is CC(=O)/C=C/C(=C\P(=O)(c1ccccc1)c1ccccc1)c1ccccc1. The summed E-state index contributed by atoms with van der Waals surface area (Å²) in [7, 11) is -3.03. The predicted octanol–water partition coefficient (Wildman–Crippen LogP) is 5.19. The van der Waals surface area contributed by atoms with Crippen LogP contribution in [-0.4, -0.2) is 5.78 Å². The molecule has 0 spiro atoms. The van der Waals surface area contributed by atoms with Gasteiger partial charge in [0.05, 0.1) is 0 Å². The van der Waals surface area contributed by atoms with Crippen LogP contribution in [0.1, 0.15) is 12.5 Å². The van der Waals surface area contributed by atoms with E-state index in [1.807, 2.05) is 96.8 Å². The third kappa shape index (κ3) is 4.61. The Kier molecular flexibility index (Phi) is 6.01. The molecule has 0 aromatic heterocycles. The lowest BCUT2D eigenvalue weighted by Crippen LogP contribution is -2.14. The van der Waals surface area contributed by atoms with Crippen molar-refractivity contribution in [3.8, 4) is 0 Å². The van der Waals surface area contributed by atoms with Crippen molar-refractivity contribution >= 4 is 29.1 Å². The van der Waals surface area contributed by atoms with Crippen LogP contribution in [0.15, 0.2) is 109 Å². The summed E-state index contributed by atoms with van der Waals surface area (Å²) in [5, 5.41) is 1.53. The van der Waals surface area contributed by atoms with Crippen LogP contribution in [0, 0.1) is 0 Å². The molecule has 0 N–H and O–H groups in total. The molecule has 0 fully saturated rings. The van der Waals surface area contributed by atoms with E-state index in [9.17, 15) is 9.36 Å². The van der Waals surface area contributed by atoms with Crippen LogP contribution in [0.2, 0.25) is 0 Å². The van der Waals surface area contributed by atoms with E-state index in [1.165, 1.54) is 13.0 Å². The van der Waals surface area contributed by atoms with Gasteiger partial charge >= 0.3 is 0 Å². The van der Waals surface area contributed by atoms with E-state index in [0.717, 1.165) is 21.7 Å². The maximum Gasteiger partial charge on any atom is 0.164 e. The topological polar surface area (TPSA) is 34.1 Å². The fraction of sp³-hybridized carbons (Fsp3) is 0.0417. The molecular weight excluding hydrogens is 351 g/mol. The van der Waals surface area contributed by atoms with Gasteiger partial charge in [-0.1, -0.05) is 97.1 Å². The maximum atomic E-state index is 14.2. The van der Waals surface area contributed by atoms with Gasteiger partial charge in [-0.25, -0.2) is 0 Å². The minimum Gasteiger partial charge on any atom is -0.309 e. The van der Waals surface area contributed by atoms with Crippen molar-refractivity contribution in [1.29, 1.82) is 0 Å². The van der Waals surface area contributed by atoms with Gasteiger partial charge in [0.2, 0.25) is 0 Å². The van der Waals surface area contributed by atoms with Gasteiger partial charge < -0.3 is 4.57 Å². The van der Waals surface area contributed by atoms with Gasteiger partial charge in [0.15, 0.2) is 12.9 Å². The van der Waals surface area contributed by atoms with Crippen molar-refractivity contribution in [1.82, 2.24) is 0 Å². The van der Waals surface area contributed by atoms with Crippen LogP contribution in [0.3, 0.4) is 0 Å². The summed E-state index contributed by atoms with van der Waals surface area (Å²) in [6.07, 6.45) is 3.26. The second kappa shape index (κ2) is 8.62. The molecule has 0 unspecified atom stereocenters. The maximum absolute atomic E-state index is 14.2. The number of benzene rings is 3. The first-order valence-electron chi connectivity index (χ1n) is 8.77. The lowest BCUT2D eigenvalue weighted by molar-refractivity contribution is -0.112. The van der Waals surface area contributed by atoms with E-state index in [1.54, 1.807) is 6.08 Å². The lowest BCUT2D eigenvalue weighted by atomic mass is 10.1. The molecule has 0 bridgehead atoms. The van der Waals surface area contributed by atoms with E-state index in [0.29, 0.717) is 0 Å². The van der Waals surface area contributed by atoms with E-state index >= 15 is 0 Å². The monoisotopic (exact) mass is 372 g/mol. The first-order chi connectivity index (χ1) is 13.1. The fourth-order valence-corrected chi connectivity index (χ4v) is 5.30. The highest BCUT2D eigenvalue weighted by molar-refractivity contribution is 7.81. The van der Waals surface area contributed by atoms with Crippen LogP contribution < -0.4 is 10.6 Å². The molecule has 0 amide bonds. The molecule has 2 nitrogen and oxygen atoms in total. The predicted molar refractivity (Wildman–Crippen MR) is 114 cm³/mol. The Hall–Kier alpha value is -2.96. The lowest BCUT2D eigenvalue weighted by Gasteiger charge is -2.17. The Balaban J connectivity index is 2.23. The Morgan fingerprint density at radius 3 is 1.59 bits per heavy atom.